The fourth-order valence-electron chi connectivity index (χ4n) is 2.74. The lowest BCUT2D eigenvalue weighted by Crippen LogP contribution is -2.48. The molecule has 0 bridgehead atoms. The summed E-state index contributed by atoms with van der Waals surface area (Å²) < 4.78 is 5.15. The zero-order valence-electron chi connectivity index (χ0n) is 12.7. The molecular weight excluding hydrogens is 298 g/mol. The molecule has 118 valence electrons. The van der Waals surface area contributed by atoms with Crippen molar-refractivity contribution in [2.45, 2.75) is 6.04 Å². The molecule has 2 aromatic rings. The fraction of sp³-hybridized carbons (Fsp3) is 0.438. The number of hydrogen-bond donors (Lipinski definition) is 1. The molecule has 1 aliphatic rings. The maximum absolute atomic E-state index is 12.1. The highest BCUT2D eigenvalue weighted by atomic mass is 32.1. The van der Waals surface area contributed by atoms with Gasteiger partial charge in [0.25, 0.3) is 5.91 Å². The van der Waals surface area contributed by atoms with Crippen LogP contribution in [0.4, 0.5) is 0 Å². The van der Waals surface area contributed by atoms with Crippen LogP contribution in [0.2, 0.25) is 0 Å². The Balaban J connectivity index is 1.65. The van der Waals surface area contributed by atoms with Crippen molar-refractivity contribution in [1.29, 1.82) is 0 Å². The van der Waals surface area contributed by atoms with E-state index < -0.39 is 0 Å². The van der Waals surface area contributed by atoms with Gasteiger partial charge in [0.2, 0.25) is 0 Å². The van der Waals surface area contributed by atoms with Crippen LogP contribution in [0.25, 0.3) is 0 Å². The Morgan fingerprint density at radius 2 is 2.18 bits per heavy atom. The average molecular weight is 319 g/mol. The van der Waals surface area contributed by atoms with Crippen LogP contribution in [0.5, 0.6) is 0 Å². The van der Waals surface area contributed by atoms with Crippen molar-refractivity contribution in [3.63, 3.8) is 0 Å². The van der Waals surface area contributed by atoms with Gasteiger partial charge in [-0.25, -0.2) is 0 Å². The molecule has 1 fully saturated rings. The first kappa shape index (κ1) is 15.3. The van der Waals surface area contributed by atoms with Gasteiger partial charge in [0, 0.05) is 32.7 Å². The van der Waals surface area contributed by atoms with Crippen LogP contribution in [0.1, 0.15) is 22.2 Å². The van der Waals surface area contributed by atoms with Gasteiger partial charge >= 0.3 is 0 Å². The number of nitrogens with one attached hydrogen (secondary N) is 1. The molecule has 2 aromatic heterocycles. The normalized spacial score (nSPS) is 18.2. The second-order valence-electron chi connectivity index (χ2n) is 5.60. The lowest BCUT2D eigenvalue weighted by Gasteiger charge is -2.37. The van der Waals surface area contributed by atoms with E-state index in [1.807, 2.05) is 0 Å². The first-order chi connectivity index (χ1) is 10.7. The second-order valence-corrected chi connectivity index (χ2v) is 6.38. The van der Waals surface area contributed by atoms with Crippen LogP contribution in [0, 0.1) is 0 Å². The largest absolute Gasteiger partial charge is 0.459 e. The summed E-state index contributed by atoms with van der Waals surface area (Å²) in [4.78, 5) is 16.9. The first-order valence-electron chi connectivity index (χ1n) is 7.50. The number of amides is 1. The maximum Gasteiger partial charge on any atom is 0.287 e. The molecule has 1 aliphatic heterocycles. The summed E-state index contributed by atoms with van der Waals surface area (Å²) in [6.07, 6.45) is 1.52. The summed E-state index contributed by atoms with van der Waals surface area (Å²) in [6, 6.07) is 5.78. The fourth-order valence-corrected chi connectivity index (χ4v) is 3.45. The number of furan rings is 1. The topological polar surface area (TPSA) is 48.7 Å². The molecule has 5 nitrogen and oxygen atoms in total. The van der Waals surface area contributed by atoms with Crippen molar-refractivity contribution in [3.05, 3.63) is 46.5 Å². The van der Waals surface area contributed by atoms with Crippen molar-refractivity contribution in [2.75, 3.05) is 39.8 Å². The molecule has 3 heterocycles. The number of rotatable bonds is 5. The number of piperazine rings is 1. The van der Waals surface area contributed by atoms with Gasteiger partial charge in [-0.1, -0.05) is 0 Å². The highest BCUT2D eigenvalue weighted by Crippen LogP contribution is 2.23. The third kappa shape index (κ3) is 3.58. The third-order valence-corrected chi connectivity index (χ3v) is 4.81. The van der Waals surface area contributed by atoms with E-state index in [0.717, 1.165) is 26.2 Å². The monoisotopic (exact) mass is 319 g/mol. The van der Waals surface area contributed by atoms with E-state index in [1.165, 1.54) is 11.8 Å². The molecule has 0 aliphatic carbocycles. The van der Waals surface area contributed by atoms with Gasteiger partial charge in [0.05, 0.1) is 12.3 Å². The van der Waals surface area contributed by atoms with E-state index in [2.05, 4.69) is 39.0 Å². The second kappa shape index (κ2) is 7.09. The van der Waals surface area contributed by atoms with E-state index in [0.29, 0.717) is 12.3 Å². The molecule has 3 rings (SSSR count). The van der Waals surface area contributed by atoms with E-state index in [9.17, 15) is 4.79 Å². The molecule has 0 aromatic carbocycles. The summed E-state index contributed by atoms with van der Waals surface area (Å²) in [7, 11) is 2.15. The Hall–Kier alpha value is -1.63. The van der Waals surface area contributed by atoms with Crippen LogP contribution in [0.15, 0.2) is 39.6 Å². The number of thiophene rings is 1. The number of carbonyl (C=O) groups is 1. The van der Waals surface area contributed by atoms with E-state index in [4.69, 9.17) is 4.42 Å². The summed E-state index contributed by atoms with van der Waals surface area (Å²) in [5.41, 5.74) is 1.27. The Morgan fingerprint density at radius 3 is 2.82 bits per heavy atom. The average Bonchev–Trinajstić information content (AvgIpc) is 3.22. The smallest absolute Gasteiger partial charge is 0.287 e. The SMILES string of the molecule is CN1CCN([C@H](CNC(=O)c2ccco2)c2ccsc2)CC1. The number of nitrogens with zero attached hydrogens (tertiary/aromatic N) is 2. The van der Waals surface area contributed by atoms with Gasteiger partial charge in [0.15, 0.2) is 5.76 Å². The predicted octanol–water partition coefficient (Wildman–Crippen LogP) is 2.06. The van der Waals surface area contributed by atoms with Crippen LogP contribution in [-0.4, -0.2) is 55.5 Å². The van der Waals surface area contributed by atoms with Gasteiger partial charge in [0.1, 0.15) is 0 Å². The van der Waals surface area contributed by atoms with Gasteiger partial charge < -0.3 is 14.6 Å². The number of carbonyl (C=O) groups excluding carboxylic acids is 1. The van der Waals surface area contributed by atoms with Crippen molar-refractivity contribution in [2.24, 2.45) is 0 Å². The Morgan fingerprint density at radius 1 is 1.36 bits per heavy atom. The zero-order valence-corrected chi connectivity index (χ0v) is 13.5. The molecule has 0 unspecified atom stereocenters. The van der Waals surface area contributed by atoms with Crippen LogP contribution < -0.4 is 5.32 Å². The minimum atomic E-state index is -0.153. The summed E-state index contributed by atoms with van der Waals surface area (Å²) in [5, 5.41) is 7.26. The lowest BCUT2D eigenvalue weighted by atomic mass is 10.1. The quantitative estimate of drug-likeness (QED) is 0.916. The van der Waals surface area contributed by atoms with Gasteiger partial charge in [-0.3, -0.25) is 9.69 Å². The van der Waals surface area contributed by atoms with Gasteiger partial charge in [-0.15, -0.1) is 0 Å². The van der Waals surface area contributed by atoms with Crippen molar-refractivity contribution >= 4 is 17.2 Å². The maximum atomic E-state index is 12.1. The predicted molar refractivity (Wildman–Crippen MR) is 87.2 cm³/mol. The van der Waals surface area contributed by atoms with Crippen LogP contribution in [0.3, 0.4) is 0 Å². The zero-order chi connectivity index (χ0) is 15.4. The molecule has 1 N–H and O–H groups in total. The lowest BCUT2D eigenvalue weighted by molar-refractivity contribution is 0.0863. The molecule has 1 saturated heterocycles. The summed E-state index contributed by atoms with van der Waals surface area (Å²) in [5.74, 6) is 0.210. The highest BCUT2D eigenvalue weighted by Gasteiger charge is 2.25. The molecule has 1 atom stereocenters. The minimum absolute atomic E-state index is 0.153. The molecule has 1 amide bonds. The summed E-state index contributed by atoms with van der Waals surface area (Å²) >= 11 is 1.70. The third-order valence-electron chi connectivity index (χ3n) is 4.11. The van der Waals surface area contributed by atoms with Crippen LogP contribution in [-0.2, 0) is 0 Å². The standard InChI is InChI=1S/C16H21N3O2S/c1-18-5-7-19(8-6-18)14(13-4-10-22-12-13)11-17-16(20)15-3-2-9-21-15/h2-4,9-10,12,14H,5-8,11H2,1H3,(H,17,20)/t14-/m1/s1. The Kier molecular flexibility index (Phi) is 4.92. The van der Waals surface area contributed by atoms with E-state index in [1.54, 1.807) is 23.5 Å². The Bertz CT molecular complexity index is 575. The van der Waals surface area contributed by atoms with Crippen molar-refractivity contribution in [1.82, 2.24) is 15.1 Å². The molecule has 6 heteroatoms. The van der Waals surface area contributed by atoms with Gasteiger partial charge in [-0.2, -0.15) is 11.3 Å². The van der Waals surface area contributed by atoms with Crippen molar-refractivity contribution < 1.29 is 9.21 Å². The van der Waals surface area contributed by atoms with Gasteiger partial charge in [-0.05, 0) is 41.6 Å². The molecule has 0 saturated carbocycles. The van der Waals surface area contributed by atoms with E-state index >= 15 is 0 Å². The number of likely N-dealkylation sites (N-methyl/N-ethyl adjacent to an activating group) is 1. The van der Waals surface area contributed by atoms with Crippen LogP contribution >= 0.6 is 11.3 Å². The number of hydrogen-bond acceptors (Lipinski definition) is 5. The highest BCUT2D eigenvalue weighted by molar-refractivity contribution is 7.07. The van der Waals surface area contributed by atoms with Crippen molar-refractivity contribution in [3.8, 4) is 0 Å². The molecular formula is C16H21N3O2S. The minimum Gasteiger partial charge on any atom is -0.459 e. The molecule has 0 radical (unpaired) electrons. The molecule has 0 spiro atoms. The Labute approximate surface area is 134 Å². The first-order valence-corrected chi connectivity index (χ1v) is 8.44. The van der Waals surface area contributed by atoms with E-state index in [-0.39, 0.29) is 11.9 Å². The summed E-state index contributed by atoms with van der Waals surface area (Å²) in [6.45, 7) is 4.76. The molecule has 22 heavy (non-hydrogen) atoms.